The fourth-order valence-corrected chi connectivity index (χ4v) is 2.83. The average Bonchev–Trinajstić information content (AvgIpc) is 2.33. The van der Waals surface area contributed by atoms with Gasteiger partial charge >= 0.3 is 5.97 Å². The van der Waals surface area contributed by atoms with Crippen LogP contribution < -0.4 is 5.32 Å². The van der Waals surface area contributed by atoms with Crippen molar-refractivity contribution < 1.29 is 14.3 Å². The van der Waals surface area contributed by atoms with Gasteiger partial charge < -0.3 is 14.8 Å². The maximum atomic E-state index is 11.9. The molecule has 1 N–H and O–H groups in total. The van der Waals surface area contributed by atoms with E-state index in [0.29, 0.717) is 6.10 Å². The summed E-state index contributed by atoms with van der Waals surface area (Å²) < 4.78 is 11.0. The summed E-state index contributed by atoms with van der Waals surface area (Å²) in [4.78, 5) is 11.9. The van der Waals surface area contributed by atoms with Crippen molar-refractivity contribution in [2.24, 2.45) is 0 Å². The van der Waals surface area contributed by atoms with Crippen molar-refractivity contribution in [2.45, 2.75) is 62.7 Å². The van der Waals surface area contributed by atoms with E-state index in [1.807, 2.05) is 7.05 Å². The van der Waals surface area contributed by atoms with Gasteiger partial charge in [-0.2, -0.15) is 0 Å². The topological polar surface area (TPSA) is 47.6 Å². The monoisotopic (exact) mass is 241 g/mol. The molecule has 17 heavy (non-hydrogen) atoms. The molecule has 2 unspecified atom stereocenters. The lowest BCUT2D eigenvalue weighted by atomic mass is 9.79. The number of esters is 1. The van der Waals surface area contributed by atoms with Crippen LogP contribution in [-0.4, -0.2) is 37.9 Å². The van der Waals surface area contributed by atoms with E-state index in [1.165, 1.54) is 26.4 Å². The quantitative estimate of drug-likeness (QED) is 0.760. The molecule has 0 aromatic rings. The number of likely N-dealkylation sites (N-methyl/N-ethyl adjacent to an activating group) is 1. The van der Waals surface area contributed by atoms with E-state index >= 15 is 0 Å². The van der Waals surface area contributed by atoms with Crippen molar-refractivity contribution in [3.05, 3.63) is 0 Å². The summed E-state index contributed by atoms with van der Waals surface area (Å²) in [5.41, 5.74) is -0.526. The first-order chi connectivity index (χ1) is 8.20. The molecule has 0 heterocycles. The summed E-state index contributed by atoms with van der Waals surface area (Å²) in [6, 6.07) is 0. The number of hydrogen-bond donors (Lipinski definition) is 1. The molecular weight excluding hydrogens is 218 g/mol. The molecule has 0 aromatic heterocycles. The largest absolute Gasteiger partial charge is 0.468 e. The lowest BCUT2D eigenvalue weighted by Gasteiger charge is -2.40. The number of carbonyl (C=O) groups is 1. The van der Waals surface area contributed by atoms with Crippen LogP contribution in [0.2, 0.25) is 0 Å². The summed E-state index contributed by atoms with van der Waals surface area (Å²) in [6.07, 6.45) is 7.97. The fraction of sp³-hybridized carbons (Fsp3) is 0.923. The Balaban J connectivity index is 1.95. The minimum atomic E-state index is -0.526. The Morgan fingerprint density at radius 1 is 1.24 bits per heavy atom. The van der Waals surface area contributed by atoms with Crippen molar-refractivity contribution in [1.29, 1.82) is 0 Å². The SMILES string of the molecule is CNC1(C(=O)OC)CCCC(OC2CCC2)C1. The van der Waals surface area contributed by atoms with Gasteiger partial charge in [-0.05, 0) is 45.6 Å². The average molecular weight is 241 g/mol. The van der Waals surface area contributed by atoms with Gasteiger partial charge in [0.2, 0.25) is 0 Å². The molecule has 0 amide bonds. The van der Waals surface area contributed by atoms with Crippen LogP contribution in [0.4, 0.5) is 0 Å². The molecule has 2 aliphatic rings. The van der Waals surface area contributed by atoms with E-state index in [-0.39, 0.29) is 12.1 Å². The van der Waals surface area contributed by atoms with E-state index in [9.17, 15) is 4.79 Å². The van der Waals surface area contributed by atoms with Gasteiger partial charge in [-0.1, -0.05) is 0 Å². The predicted octanol–water partition coefficient (Wildman–Crippen LogP) is 1.63. The zero-order chi connectivity index (χ0) is 12.3. The van der Waals surface area contributed by atoms with Crippen LogP contribution in [0.25, 0.3) is 0 Å². The molecule has 0 aromatic carbocycles. The van der Waals surface area contributed by atoms with Gasteiger partial charge in [0.05, 0.1) is 19.3 Å². The first kappa shape index (κ1) is 12.8. The standard InChI is InChI=1S/C13H23NO3/c1-14-13(12(15)16-2)8-4-7-11(9-13)17-10-5-3-6-10/h10-11,14H,3-9H2,1-2H3. The van der Waals surface area contributed by atoms with Crippen molar-refractivity contribution in [3.63, 3.8) is 0 Å². The molecule has 0 spiro atoms. The van der Waals surface area contributed by atoms with Crippen LogP contribution in [0.15, 0.2) is 0 Å². The maximum Gasteiger partial charge on any atom is 0.326 e. The molecule has 4 heteroatoms. The summed E-state index contributed by atoms with van der Waals surface area (Å²) in [5.74, 6) is -0.151. The van der Waals surface area contributed by atoms with Crippen molar-refractivity contribution in [1.82, 2.24) is 5.32 Å². The number of nitrogens with one attached hydrogen (secondary N) is 1. The van der Waals surface area contributed by atoms with Crippen LogP contribution in [0.1, 0.15) is 44.9 Å². The molecular formula is C13H23NO3. The molecule has 0 bridgehead atoms. The fourth-order valence-electron chi connectivity index (χ4n) is 2.83. The first-order valence-corrected chi connectivity index (χ1v) is 6.63. The Morgan fingerprint density at radius 2 is 1.94 bits per heavy atom. The zero-order valence-corrected chi connectivity index (χ0v) is 10.8. The predicted molar refractivity (Wildman–Crippen MR) is 64.8 cm³/mol. The Labute approximate surface area is 103 Å². The molecule has 4 nitrogen and oxygen atoms in total. The van der Waals surface area contributed by atoms with E-state index in [1.54, 1.807) is 0 Å². The third-order valence-corrected chi connectivity index (χ3v) is 4.20. The van der Waals surface area contributed by atoms with Crippen LogP contribution >= 0.6 is 0 Å². The van der Waals surface area contributed by atoms with Gasteiger partial charge in [0.25, 0.3) is 0 Å². The number of hydrogen-bond acceptors (Lipinski definition) is 4. The lowest BCUT2D eigenvalue weighted by molar-refractivity contribution is -0.154. The van der Waals surface area contributed by atoms with Gasteiger partial charge in [-0.15, -0.1) is 0 Å². The van der Waals surface area contributed by atoms with Gasteiger partial charge in [-0.3, -0.25) is 4.79 Å². The van der Waals surface area contributed by atoms with Crippen molar-refractivity contribution in [3.8, 4) is 0 Å². The van der Waals surface area contributed by atoms with Gasteiger partial charge in [0.1, 0.15) is 5.54 Å². The molecule has 98 valence electrons. The van der Waals surface area contributed by atoms with Crippen molar-refractivity contribution >= 4 is 5.97 Å². The van der Waals surface area contributed by atoms with E-state index < -0.39 is 5.54 Å². The van der Waals surface area contributed by atoms with Crippen LogP contribution in [0, 0.1) is 0 Å². The summed E-state index contributed by atoms with van der Waals surface area (Å²) in [5, 5.41) is 3.15. The highest BCUT2D eigenvalue weighted by molar-refractivity contribution is 5.80. The second-order valence-electron chi connectivity index (χ2n) is 5.23. The number of rotatable bonds is 4. The van der Waals surface area contributed by atoms with E-state index in [0.717, 1.165) is 25.7 Å². The second-order valence-corrected chi connectivity index (χ2v) is 5.23. The number of carbonyl (C=O) groups excluding carboxylic acids is 1. The summed E-state index contributed by atoms with van der Waals surface area (Å²) in [6.45, 7) is 0. The van der Waals surface area contributed by atoms with Gasteiger partial charge in [0.15, 0.2) is 0 Å². The maximum absolute atomic E-state index is 11.9. The molecule has 2 aliphatic carbocycles. The Kier molecular flexibility index (Phi) is 4.05. The van der Waals surface area contributed by atoms with Crippen LogP contribution in [0.5, 0.6) is 0 Å². The third-order valence-electron chi connectivity index (χ3n) is 4.20. The minimum absolute atomic E-state index is 0.151. The molecule has 2 rings (SSSR count). The van der Waals surface area contributed by atoms with Gasteiger partial charge in [0, 0.05) is 6.42 Å². The normalized spacial score (nSPS) is 34.1. The van der Waals surface area contributed by atoms with Crippen LogP contribution in [0.3, 0.4) is 0 Å². The Bertz CT molecular complexity index is 278. The van der Waals surface area contributed by atoms with Crippen molar-refractivity contribution in [2.75, 3.05) is 14.2 Å². The molecule has 0 radical (unpaired) electrons. The molecule has 2 fully saturated rings. The summed E-state index contributed by atoms with van der Waals surface area (Å²) in [7, 11) is 3.29. The Hall–Kier alpha value is -0.610. The number of ether oxygens (including phenoxy) is 2. The highest BCUT2D eigenvalue weighted by Gasteiger charge is 2.43. The Morgan fingerprint density at radius 3 is 2.47 bits per heavy atom. The summed E-state index contributed by atoms with van der Waals surface area (Å²) >= 11 is 0. The molecule has 2 saturated carbocycles. The minimum Gasteiger partial charge on any atom is -0.468 e. The smallest absolute Gasteiger partial charge is 0.326 e. The third kappa shape index (κ3) is 2.63. The molecule has 0 saturated heterocycles. The molecule has 0 aliphatic heterocycles. The first-order valence-electron chi connectivity index (χ1n) is 6.63. The van der Waals surface area contributed by atoms with Crippen LogP contribution in [-0.2, 0) is 14.3 Å². The molecule has 2 atom stereocenters. The second kappa shape index (κ2) is 5.36. The highest BCUT2D eigenvalue weighted by atomic mass is 16.5. The van der Waals surface area contributed by atoms with Gasteiger partial charge in [-0.25, -0.2) is 0 Å². The van der Waals surface area contributed by atoms with E-state index in [4.69, 9.17) is 9.47 Å². The lowest BCUT2D eigenvalue weighted by Crippen LogP contribution is -2.55. The van der Waals surface area contributed by atoms with E-state index in [2.05, 4.69) is 5.32 Å². The zero-order valence-electron chi connectivity index (χ0n) is 10.8. The highest BCUT2D eigenvalue weighted by Crippen LogP contribution is 2.34. The number of methoxy groups -OCH3 is 1.